The molecule has 1 aliphatic rings. The normalized spacial score (nSPS) is 21.2. The lowest BCUT2D eigenvalue weighted by molar-refractivity contribution is 0.349. The number of hydrogen-bond acceptors (Lipinski definition) is 5. The van der Waals surface area contributed by atoms with E-state index in [1.807, 2.05) is 13.8 Å². The van der Waals surface area contributed by atoms with Gasteiger partial charge in [-0.3, -0.25) is 0 Å². The maximum Gasteiger partial charge on any atom is 0.254 e. The number of thiazole rings is 1. The summed E-state index contributed by atoms with van der Waals surface area (Å²) < 4.78 is 26.8. The SMILES string of the molecule is CCN(C1CCNC1)S(=O)(=O)c1cnc(C)s1. The van der Waals surface area contributed by atoms with E-state index in [4.69, 9.17) is 0 Å². The number of hydrogen-bond donors (Lipinski definition) is 1. The molecule has 0 bridgehead atoms. The van der Waals surface area contributed by atoms with Gasteiger partial charge < -0.3 is 5.32 Å². The van der Waals surface area contributed by atoms with Crippen molar-refractivity contribution >= 4 is 21.4 Å². The summed E-state index contributed by atoms with van der Waals surface area (Å²) >= 11 is 1.24. The smallest absolute Gasteiger partial charge is 0.254 e. The van der Waals surface area contributed by atoms with Crippen LogP contribution in [-0.4, -0.2) is 43.4 Å². The fourth-order valence-electron chi connectivity index (χ4n) is 2.09. The number of rotatable bonds is 4. The van der Waals surface area contributed by atoms with Crippen LogP contribution in [0.2, 0.25) is 0 Å². The second-order valence-electron chi connectivity index (χ2n) is 4.05. The highest BCUT2D eigenvalue weighted by Crippen LogP contribution is 2.25. The van der Waals surface area contributed by atoms with Crippen LogP contribution in [0.3, 0.4) is 0 Å². The van der Waals surface area contributed by atoms with Crippen molar-refractivity contribution in [3.63, 3.8) is 0 Å². The summed E-state index contributed by atoms with van der Waals surface area (Å²) in [5.74, 6) is 0. The average molecular weight is 275 g/mol. The highest BCUT2D eigenvalue weighted by atomic mass is 32.2. The monoisotopic (exact) mass is 275 g/mol. The van der Waals surface area contributed by atoms with E-state index in [9.17, 15) is 8.42 Å². The van der Waals surface area contributed by atoms with Crippen molar-refractivity contribution < 1.29 is 8.42 Å². The van der Waals surface area contributed by atoms with Crippen molar-refractivity contribution in [3.8, 4) is 0 Å². The predicted molar refractivity (Wildman–Crippen MR) is 67.7 cm³/mol. The van der Waals surface area contributed by atoms with Crippen LogP contribution in [-0.2, 0) is 10.0 Å². The molecule has 2 heterocycles. The van der Waals surface area contributed by atoms with Crippen LogP contribution in [0.5, 0.6) is 0 Å². The molecule has 1 aromatic heterocycles. The molecule has 0 amide bonds. The molecule has 5 nitrogen and oxygen atoms in total. The van der Waals surface area contributed by atoms with Gasteiger partial charge in [-0.15, -0.1) is 11.3 Å². The Bertz CT molecular complexity index is 477. The molecule has 1 aromatic rings. The van der Waals surface area contributed by atoms with Gasteiger partial charge in [-0.05, 0) is 19.9 Å². The molecule has 1 unspecified atom stereocenters. The summed E-state index contributed by atoms with van der Waals surface area (Å²) in [4.78, 5) is 4.02. The third-order valence-corrected chi connectivity index (χ3v) is 6.29. The summed E-state index contributed by atoms with van der Waals surface area (Å²) in [6, 6.07) is 0.0763. The molecule has 0 spiro atoms. The van der Waals surface area contributed by atoms with Crippen molar-refractivity contribution in [1.82, 2.24) is 14.6 Å². The standard InChI is InChI=1S/C10H17N3O2S2/c1-3-13(9-4-5-11-6-9)17(14,15)10-7-12-8(2)16-10/h7,9,11H,3-6H2,1-2H3. The molecule has 0 radical (unpaired) electrons. The largest absolute Gasteiger partial charge is 0.315 e. The maximum atomic E-state index is 12.4. The Morgan fingerprint density at radius 2 is 2.41 bits per heavy atom. The molecule has 1 atom stereocenters. The van der Waals surface area contributed by atoms with Gasteiger partial charge in [-0.1, -0.05) is 6.92 Å². The van der Waals surface area contributed by atoms with E-state index < -0.39 is 10.0 Å². The zero-order valence-electron chi connectivity index (χ0n) is 10.0. The molecule has 1 aliphatic heterocycles. The Balaban J connectivity index is 2.29. The van der Waals surface area contributed by atoms with Crippen molar-refractivity contribution in [2.45, 2.75) is 30.5 Å². The third kappa shape index (κ3) is 2.52. The number of aromatic nitrogens is 1. The molecular formula is C10H17N3O2S2. The highest BCUT2D eigenvalue weighted by Gasteiger charge is 2.33. The molecule has 0 aromatic carbocycles. The van der Waals surface area contributed by atoms with E-state index in [1.54, 1.807) is 4.31 Å². The minimum Gasteiger partial charge on any atom is -0.315 e. The Morgan fingerprint density at radius 1 is 1.65 bits per heavy atom. The summed E-state index contributed by atoms with van der Waals surface area (Å²) in [6.07, 6.45) is 2.34. The van der Waals surface area contributed by atoms with Crippen molar-refractivity contribution in [2.75, 3.05) is 19.6 Å². The number of nitrogens with zero attached hydrogens (tertiary/aromatic N) is 2. The van der Waals surface area contributed by atoms with Crippen molar-refractivity contribution in [2.24, 2.45) is 0 Å². The van der Waals surface area contributed by atoms with Gasteiger partial charge in [-0.25, -0.2) is 13.4 Å². The lowest BCUT2D eigenvalue weighted by Crippen LogP contribution is -2.41. The van der Waals surface area contributed by atoms with Crippen LogP contribution in [0.1, 0.15) is 18.4 Å². The van der Waals surface area contributed by atoms with E-state index in [0.29, 0.717) is 10.8 Å². The Hall–Kier alpha value is -0.500. The molecule has 7 heteroatoms. The first-order chi connectivity index (χ1) is 8.05. The van der Waals surface area contributed by atoms with Crippen LogP contribution in [0.25, 0.3) is 0 Å². The van der Waals surface area contributed by atoms with Gasteiger partial charge in [0.1, 0.15) is 0 Å². The van der Waals surface area contributed by atoms with E-state index in [2.05, 4.69) is 10.3 Å². The number of aryl methyl sites for hydroxylation is 1. The molecule has 2 rings (SSSR count). The first-order valence-electron chi connectivity index (χ1n) is 5.70. The summed E-state index contributed by atoms with van der Waals surface area (Å²) in [5, 5.41) is 3.98. The molecular weight excluding hydrogens is 258 g/mol. The van der Waals surface area contributed by atoms with Crippen LogP contribution in [0.4, 0.5) is 0 Å². The molecule has 1 N–H and O–H groups in total. The van der Waals surface area contributed by atoms with Crippen molar-refractivity contribution in [1.29, 1.82) is 0 Å². The number of sulfonamides is 1. The van der Waals surface area contributed by atoms with Gasteiger partial charge in [0, 0.05) is 19.1 Å². The van der Waals surface area contributed by atoms with Crippen LogP contribution in [0.15, 0.2) is 10.4 Å². The molecule has 0 saturated carbocycles. The van der Waals surface area contributed by atoms with E-state index in [-0.39, 0.29) is 6.04 Å². The second-order valence-corrected chi connectivity index (χ2v) is 7.41. The zero-order chi connectivity index (χ0) is 12.5. The number of nitrogens with one attached hydrogen (secondary N) is 1. The van der Waals surface area contributed by atoms with Crippen LogP contribution < -0.4 is 5.32 Å². The first-order valence-corrected chi connectivity index (χ1v) is 7.96. The minimum absolute atomic E-state index is 0.0763. The fourth-order valence-corrected chi connectivity index (χ4v) is 4.99. The Morgan fingerprint density at radius 3 is 2.88 bits per heavy atom. The van der Waals surface area contributed by atoms with Gasteiger partial charge >= 0.3 is 0 Å². The second kappa shape index (κ2) is 5.01. The maximum absolute atomic E-state index is 12.4. The fraction of sp³-hybridized carbons (Fsp3) is 0.700. The molecule has 0 aliphatic carbocycles. The molecule has 1 saturated heterocycles. The third-order valence-electron chi connectivity index (χ3n) is 2.92. The average Bonchev–Trinajstić information content (AvgIpc) is 2.89. The number of likely N-dealkylation sites (N-methyl/N-ethyl adjacent to an activating group) is 1. The van der Waals surface area contributed by atoms with Crippen LogP contribution >= 0.6 is 11.3 Å². The summed E-state index contributed by atoms with van der Waals surface area (Å²) in [6.45, 7) is 5.83. The van der Waals surface area contributed by atoms with Gasteiger partial charge in [0.15, 0.2) is 4.21 Å². The summed E-state index contributed by atoms with van der Waals surface area (Å²) in [5.41, 5.74) is 0. The highest BCUT2D eigenvalue weighted by molar-refractivity contribution is 7.91. The molecule has 17 heavy (non-hydrogen) atoms. The van der Waals surface area contributed by atoms with E-state index in [1.165, 1.54) is 17.5 Å². The summed E-state index contributed by atoms with van der Waals surface area (Å²) in [7, 11) is -3.36. The van der Waals surface area contributed by atoms with E-state index in [0.717, 1.165) is 24.5 Å². The first kappa shape index (κ1) is 12.9. The molecule has 1 fully saturated rings. The zero-order valence-corrected chi connectivity index (χ0v) is 11.6. The lowest BCUT2D eigenvalue weighted by Gasteiger charge is -2.25. The van der Waals surface area contributed by atoms with Gasteiger partial charge in [0.25, 0.3) is 10.0 Å². The Labute approximate surface area is 106 Å². The quantitative estimate of drug-likeness (QED) is 0.884. The minimum atomic E-state index is -3.36. The van der Waals surface area contributed by atoms with Crippen LogP contribution in [0, 0.1) is 6.92 Å². The molecule has 96 valence electrons. The van der Waals surface area contributed by atoms with Crippen molar-refractivity contribution in [3.05, 3.63) is 11.2 Å². The lowest BCUT2D eigenvalue weighted by atomic mass is 10.3. The predicted octanol–water partition coefficient (Wildman–Crippen LogP) is 0.824. The van der Waals surface area contributed by atoms with Gasteiger partial charge in [-0.2, -0.15) is 4.31 Å². The van der Waals surface area contributed by atoms with Gasteiger partial charge in [0.2, 0.25) is 0 Å². The van der Waals surface area contributed by atoms with Gasteiger partial charge in [0.05, 0.1) is 11.2 Å². The topological polar surface area (TPSA) is 62.3 Å². The van der Waals surface area contributed by atoms with E-state index >= 15 is 0 Å². The Kier molecular flexibility index (Phi) is 3.82.